The van der Waals surface area contributed by atoms with Gasteiger partial charge >= 0.3 is 0 Å². The molecule has 0 spiro atoms. The maximum absolute atomic E-state index is 13.5. The van der Waals surface area contributed by atoms with Gasteiger partial charge in [-0.25, -0.2) is 13.1 Å². The molecule has 0 aliphatic carbocycles. The van der Waals surface area contributed by atoms with Crippen LogP contribution in [-0.2, 0) is 27.8 Å². The van der Waals surface area contributed by atoms with Crippen molar-refractivity contribution in [2.75, 3.05) is 19.5 Å². The molecule has 1 aromatic heterocycles. The molecule has 0 aliphatic heterocycles. The summed E-state index contributed by atoms with van der Waals surface area (Å²) in [5.41, 5.74) is 3.06. The van der Waals surface area contributed by atoms with Gasteiger partial charge in [-0.3, -0.25) is 4.79 Å². The molecule has 0 atom stereocenters. The lowest BCUT2D eigenvalue weighted by Crippen LogP contribution is -2.24. The van der Waals surface area contributed by atoms with Gasteiger partial charge in [-0.15, -0.1) is 10.2 Å². The number of amides is 1. The highest BCUT2D eigenvalue weighted by Crippen LogP contribution is 2.30. The minimum atomic E-state index is -4.11. The molecule has 0 saturated carbocycles. The second kappa shape index (κ2) is 11.4. The molecule has 0 bridgehead atoms. The van der Waals surface area contributed by atoms with Gasteiger partial charge in [0, 0.05) is 30.8 Å². The molecule has 4 aromatic rings. The van der Waals surface area contributed by atoms with E-state index in [0.29, 0.717) is 22.7 Å². The molecule has 1 amide bonds. The Morgan fingerprint density at radius 1 is 0.947 bits per heavy atom. The Morgan fingerprint density at radius 3 is 2.37 bits per heavy atom. The monoisotopic (exact) mass is 536 g/mol. The number of benzene rings is 3. The summed E-state index contributed by atoms with van der Waals surface area (Å²) in [5.74, 6) is 1.10. The van der Waals surface area contributed by atoms with Crippen molar-refractivity contribution in [2.24, 2.45) is 0 Å². The van der Waals surface area contributed by atoms with Crippen molar-refractivity contribution in [3.63, 3.8) is 0 Å². The Labute approximate surface area is 221 Å². The lowest BCUT2D eigenvalue weighted by molar-refractivity contribution is -0.115. The Kier molecular flexibility index (Phi) is 8.08. The van der Waals surface area contributed by atoms with Crippen LogP contribution in [0.5, 0.6) is 11.5 Å². The molecule has 198 valence electrons. The van der Waals surface area contributed by atoms with Gasteiger partial charge in [-0.2, -0.15) is 0 Å². The largest absolute Gasteiger partial charge is 0.497 e. The average Bonchev–Trinajstić information content (AvgIpc) is 3.34. The highest BCUT2D eigenvalue weighted by molar-refractivity contribution is 7.89. The van der Waals surface area contributed by atoms with Crippen LogP contribution in [0.25, 0.3) is 11.5 Å². The van der Waals surface area contributed by atoms with Crippen LogP contribution in [0, 0.1) is 13.8 Å². The number of ether oxygens (including phenoxy) is 2. The molecule has 0 radical (unpaired) electrons. The molecule has 38 heavy (non-hydrogen) atoms. The van der Waals surface area contributed by atoms with Crippen molar-refractivity contribution >= 4 is 21.6 Å². The number of methoxy groups -OCH3 is 2. The minimum absolute atomic E-state index is 0.0439. The summed E-state index contributed by atoms with van der Waals surface area (Å²) < 4.78 is 45.7. The summed E-state index contributed by atoms with van der Waals surface area (Å²) in [4.78, 5) is 12.6. The summed E-state index contributed by atoms with van der Waals surface area (Å²) in [5, 5.41) is 10.6. The molecule has 1 heterocycles. The van der Waals surface area contributed by atoms with Gasteiger partial charge in [0.25, 0.3) is 0 Å². The summed E-state index contributed by atoms with van der Waals surface area (Å²) >= 11 is 0. The summed E-state index contributed by atoms with van der Waals surface area (Å²) in [7, 11) is -1.08. The van der Waals surface area contributed by atoms with Gasteiger partial charge in [-0.1, -0.05) is 35.9 Å². The first-order chi connectivity index (χ1) is 18.2. The predicted octanol–water partition coefficient (Wildman–Crippen LogP) is 4.03. The first-order valence-corrected chi connectivity index (χ1v) is 13.2. The number of nitrogens with one attached hydrogen (secondary N) is 2. The molecule has 4 rings (SSSR count). The van der Waals surface area contributed by atoms with Crippen LogP contribution in [0.1, 0.15) is 22.6 Å². The van der Waals surface area contributed by atoms with E-state index in [-0.39, 0.29) is 41.1 Å². The molecular formula is C27H28N4O6S. The zero-order chi connectivity index (χ0) is 27.3. The van der Waals surface area contributed by atoms with Gasteiger partial charge in [0.2, 0.25) is 27.7 Å². The first-order valence-electron chi connectivity index (χ1n) is 11.7. The van der Waals surface area contributed by atoms with Crippen molar-refractivity contribution in [2.45, 2.75) is 31.7 Å². The van der Waals surface area contributed by atoms with Crippen molar-refractivity contribution in [3.8, 4) is 23.0 Å². The fourth-order valence-corrected chi connectivity index (χ4v) is 4.98. The predicted molar refractivity (Wildman–Crippen MR) is 142 cm³/mol. The minimum Gasteiger partial charge on any atom is -0.497 e. The standard InChI is InChI=1S/C27H28N4O6S/c1-17-5-7-19(8-6-17)13-26(32)29-21-10-12-23(27-31-30-18(2)37-27)25(14-21)38(33,34)28-16-20-9-11-22(35-3)15-24(20)36-4/h5-12,14-15,28H,13,16H2,1-4H3,(H,29,32). The molecular weight excluding hydrogens is 508 g/mol. The van der Waals surface area contributed by atoms with Crippen molar-refractivity contribution in [1.82, 2.24) is 14.9 Å². The molecule has 0 fully saturated rings. The number of hydrogen-bond acceptors (Lipinski definition) is 8. The second-order valence-electron chi connectivity index (χ2n) is 8.55. The van der Waals surface area contributed by atoms with E-state index in [0.717, 1.165) is 11.1 Å². The maximum atomic E-state index is 13.5. The topological polar surface area (TPSA) is 133 Å². The van der Waals surface area contributed by atoms with Crippen LogP contribution >= 0.6 is 0 Å². The third kappa shape index (κ3) is 6.36. The number of aromatic nitrogens is 2. The third-order valence-corrected chi connectivity index (χ3v) is 7.18. The number of hydrogen-bond donors (Lipinski definition) is 2. The first kappa shape index (κ1) is 26.8. The number of rotatable bonds is 10. The number of nitrogens with zero attached hydrogens (tertiary/aromatic N) is 2. The van der Waals surface area contributed by atoms with Crippen LogP contribution in [0.3, 0.4) is 0 Å². The third-order valence-electron chi connectivity index (χ3n) is 5.74. The Balaban J connectivity index is 1.62. The van der Waals surface area contributed by atoms with Crippen LogP contribution in [0.2, 0.25) is 0 Å². The Bertz CT molecular complexity index is 1550. The highest BCUT2D eigenvalue weighted by Gasteiger charge is 2.24. The van der Waals surface area contributed by atoms with E-state index in [4.69, 9.17) is 13.9 Å². The Morgan fingerprint density at radius 2 is 1.71 bits per heavy atom. The summed E-state index contributed by atoms with van der Waals surface area (Å²) in [6.45, 7) is 3.53. The van der Waals surface area contributed by atoms with Crippen molar-refractivity contribution < 1.29 is 27.1 Å². The van der Waals surface area contributed by atoms with E-state index in [9.17, 15) is 13.2 Å². The van der Waals surface area contributed by atoms with E-state index in [2.05, 4.69) is 20.2 Å². The normalized spacial score (nSPS) is 11.3. The SMILES string of the molecule is COc1ccc(CNS(=O)(=O)c2cc(NC(=O)Cc3ccc(C)cc3)ccc2-c2nnc(C)o2)c(OC)c1. The molecule has 0 aliphatic rings. The summed E-state index contributed by atoms with van der Waals surface area (Å²) in [6.07, 6.45) is 0.141. The van der Waals surface area contributed by atoms with E-state index >= 15 is 0 Å². The zero-order valence-corrected chi connectivity index (χ0v) is 22.3. The Hall–Kier alpha value is -4.22. The van der Waals surface area contributed by atoms with E-state index < -0.39 is 10.0 Å². The van der Waals surface area contributed by atoms with E-state index in [1.54, 1.807) is 31.2 Å². The van der Waals surface area contributed by atoms with Crippen LogP contribution in [-0.4, -0.2) is 38.7 Å². The fraction of sp³-hybridized carbons (Fsp3) is 0.222. The van der Waals surface area contributed by atoms with Gasteiger partial charge in [0.15, 0.2) is 0 Å². The van der Waals surface area contributed by atoms with Gasteiger partial charge in [0.05, 0.1) is 31.1 Å². The number of aryl methyl sites for hydroxylation is 2. The van der Waals surface area contributed by atoms with E-state index in [1.807, 2.05) is 31.2 Å². The smallest absolute Gasteiger partial charge is 0.249 e. The van der Waals surface area contributed by atoms with Crippen LogP contribution in [0.15, 0.2) is 70.0 Å². The van der Waals surface area contributed by atoms with Crippen molar-refractivity contribution in [1.29, 1.82) is 0 Å². The average molecular weight is 537 g/mol. The zero-order valence-electron chi connectivity index (χ0n) is 21.4. The maximum Gasteiger partial charge on any atom is 0.249 e. The van der Waals surface area contributed by atoms with E-state index in [1.165, 1.54) is 26.4 Å². The molecule has 10 nitrogen and oxygen atoms in total. The van der Waals surface area contributed by atoms with Gasteiger partial charge < -0.3 is 19.2 Å². The number of carbonyl (C=O) groups is 1. The second-order valence-corrected chi connectivity index (χ2v) is 10.3. The number of sulfonamides is 1. The lowest BCUT2D eigenvalue weighted by atomic mass is 10.1. The van der Waals surface area contributed by atoms with Crippen LogP contribution in [0.4, 0.5) is 5.69 Å². The number of carbonyl (C=O) groups excluding carboxylic acids is 1. The quantitative estimate of drug-likeness (QED) is 0.310. The summed E-state index contributed by atoms with van der Waals surface area (Å²) in [6, 6.07) is 17.2. The highest BCUT2D eigenvalue weighted by atomic mass is 32.2. The van der Waals surface area contributed by atoms with Crippen LogP contribution < -0.4 is 19.5 Å². The lowest BCUT2D eigenvalue weighted by Gasteiger charge is -2.14. The van der Waals surface area contributed by atoms with Gasteiger partial charge in [-0.05, 0) is 36.8 Å². The van der Waals surface area contributed by atoms with Gasteiger partial charge in [0.1, 0.15) is 11.5 Å². The molecule has 3 aromatic carbocycles. The molecule has 2 N–H and O–H groups in total. The molecule has 0 saturated heterocycles. The molecule has 0 unspecified atom stereocenters. The number of anilines is 1. The molecule has 11 heteroatoms. The van der Waals surface area contributed by atoms with Crippen molar-refractivity contribution in [3.05, 3.63) is 83.2 Å². The fourth-order valence-electron chi connectivity index (χ4n) is 3.75.